The zero-order chi connectivity index (χ0) is 15.8. The first-order valence-electron chi connectivity index (χ1n) is 7.15. The molecule has 0 aliphatic carbocycles. The van der Waals surface area contributed by atoms with Crippen molar-refractivity contribution < 1.29 is 18.8 Å². The molecule has 114 valence electrons. The summed E-state index contributed by atoms with van der Waals surface area (Å²) in [5.41, 5.74) is 0.770. The summed E-state index contributed by atoms with van der Waals surface area (Å²) in [5.74, 6) is -0.477. The number of methoxy groups -OCH3 is 1. The van der Waals surface area contributed by atoms with Crippen LogP contribution < -0.4 is 5.46 Å². The first kappa shape index (κ1) is 16.0. The topological polar surface area (TPSA) is 57.7 Å². The maximum Gasteiger partial charge on any atom is 0.497 e. The minimum absolute atomic E-state index is 0.260. The predicted molar refractivity (Wildman–Crippen MR) is 80.7 cm³/mol. The largest absolute Gasteiger partial charge is 0.497 e. The van der Waals surface area contributed by atoms with Crippen LogP contribution in [0.3, 0.4) is 0 Å². The van der Waals surface area contributed by atoms with Gasteiger partial charge in [0, 0.05) is 11.2 Å². The molecule has 0 bridgehead atoms. The Morgan fingerprint density at radius 2 is 1.81 bits per heavy atom. The molecule has 0 atom stereocenters. The molecule has 1 fully saturated rings. The van der Waals surface area contributed by atoms with Crippen LogP contribution in [0.2, 0.25) is 0 Å². The molecular formula is C15H22BNO4. The van der Waals surface area contributed by atoms with Crippen molar-refractivity contribution in [2.24, 2.45) is 0 Å². The maximum atomic E-state index is 12.0. The Balaban J connectivity index is 2.43. The Kier molecular flexibility index (Phi) is 4.13. The minimum Gasteiger partial charge on any atom is -0.464 e. The smallest absolute Gasteiger partial charge is 0.464 e. The summed E-state index contributed by atoms with van der Waals surface area (Å²) in [5, 5.41) is 0. The molecule has 0 aromatic carbocycles. The van der Waals surface area contributed by atoms with Crippen LogP contribution in [-0.2, 0) is 20.5 Å². The van der Waals surface area contributed by atoms with Gasteiger partial charge in [-0.3, -0.25) is 0 Å². The van der Waals surface area contributed by atoms with Crippen LogP contribution in [0.5, 0.6) is 0 Å². The van der Waals surface area contributed by atoms with Crippen LogP contribution in [0.1, 0.15) is 50.8 Å². The summed E-state index contributed by atoms with van der Waals surface area (Å²) in [4.78, 5) is 16.4. The van der Waals surface area contributed by atoms with E-state index in [1.165, 1.54) is 7.11 Å². The van der Waals surface area contributed by atoms with Crippen LogP contribution in [-0.4, -0.2) is 36.4 Å². The van der Waals surface area contributed by atoms with E-state index in [0.29, 0.717) is 5.46 Å². The van der Waals surface area contributed by atoms with Gasteiger partial charge in [-0.15, -0.1) is 0 Å². The molecule has 5 nitrogen and oxygen atoms in total. The second kappa shape index (κ2) is 5.42. The van der Waals surface area contributed by atoms with Crippen molar-refractivity contribution in [3.63, 3.8) is 0 Å². The van der Waals surface area contributed by atoms with Crippen molar-refractivity contribution >= 4 is 18.6 Å². The molecule has 0 unspecified atom stereocenters. The second-order valence-electron chi connectivity index (χ2n) is 6.17. The van der Waals surface area contributed by atoms with Gasteiger partial charge in [-0.05, 0) is 40.2 Å². The minimum atomic E-state index is -0.623. The lowest BCUT2D eigenvalue weighted by molar-refractivity contribution is 0.00578. The van der Waals surface area contributed by atoms with Crippen molar-refractivity contribution in [2.75, 3.05) is 7.11 Å². The number of carbonyl (C=O) groups excluding carboxylic acids is 1. The average molecular weight is 291 g/mol. The van der Waals surface area contributed by atoms with Gasteiger partial charge in [-0.2, -0.15) is 0 Å². The molecule has 6 heteroatoms. The molecule has 0 radical (unpaired) electrons. The number of hydrogen-bond donors (Lipinski definition) is 0. The third-order valence-corrected chi connectivity index (χ3v) is 4.23. The quantitative estimate of drug-likeness (QED) is 0.627. The number of hydrogen-bond acceptors (Lipinski definition) is 5. The molecule has 0 spiro atoms. The van der Waals surface area contributed by atoms with E-state index in [1.807, 2.05) is 46.8 Å². The van der Waals surface area contributed by atoms with E-state index in [1.54, 1.807) is 0 Å². The fourth-order valence-electron chi connectivity index (χ4n) is 2.13. The molecule has 1 aromatic heterocycles. The zero-order valence-electron chi connectivity index (χ0n) is 13.5. The van der Waals surface area contributed by atoms with Gasteiger partial charge in [0.25, 0.3) is 0 Å². The molecule has 0 saturated carbocycles. The average Bonchev–Trinajstić information content (AvgIpc) is 2.65. The molecule has 1 aromatic rings. The van der Waals surface area contributed by atoms with Gasteiger partial charge in [-0.1, -0.05) is 13.0 Å². The predicted octanol–water partition coefficient (Wildman–Crippen LogP) is 1.73. The summed E-state index contributed by atoms with van der Waals surface area (Å²) in [6.07, 6.45) is 0.744. The highest BCUT2D eigenvalue weighted by Crippen LogP contribution is 2.36. The second-order valence-corrected chi connectivity index (χ2v) is 6.17. The van der Waals surface area contributed by atoms with Crippen LogP contribution in [0, 0.1) is 0 Å². The van der Waals surface area contributed by atoms with Crippen molar-refractivity contribution in [1.29, 1.82) is 0 Å². The van der Waals surface area contributed by atoms with Gasteiger partial charge in [0.1, 0.15) is 5.69 Å². The van der Waals surface area contributed by atoms with Gasteiger partial charge >= 0.3 is 13.1 Å². The SMILES string of the molecule is CCc1ccc(B2OC(C)(C)C(C)(C)O2)c(C(=O)OC)n1. The fourth-order valence-corrected chi connectivity index (χ4v) is 2.13. The van der Waals surface area contributed by atoms with Crippen LogP contribution >= 0.6 is 0 Å². The summed E-state index contributed by atoms with van der Waals surface area (Å²) in [6.45, 7) is 9.87. The van der Waals surface area contributed by atoms with Crippen molar-refractivity contribution in [1.82, 2.24) is 4.98 Å². The summed E-state index contributed by atoms with van der Waals surface area (Å²) in [6, 6.07) is 3.72. The van der Waals surface area contributed by atoms with Crippen LogP contribution in [0.4, 0.5) is 0 Å². The van der Waals surface area contributed by atoms with E-state index in [-0.39, 0.29) is 5.69 Å². The Bertz CT molecular complexity index is 541. The Morgan fingerprint density at radius 3 is 2.29 bits per heavy atom. The van der Waals surface area contributed by atoms with Crippen molar-refractivity contribution in [2.45, 2.75) is 52.2 Å². The number of aryl methyl sites for hydroxylation is 1. The summed E-state index contributed by atoms with van der Waals surface area (Å²) < 4.78 is 16.8. The van der Waals surface area contributed by atoms with Gasteiger partial charge in [0.15, 0.2) is 0 Å². The fraction of sp³-hybridized carbons (Fsp3) is 0.600. The van der Waals surface area contributed by atoms with Gasteiger partial charge in [-0.25, -0.2) is 9.78 Å². The number of esters is 1. The number of nitrogens with zero attached hydrogens (tertiary/aromatic N) is 1. The third kappa shape index (κ3) is 2.83. The highest BCUT2D eigenvalue weighted by Gasteiger charge is 2.52. The first-order valence-corrected chi connectivity index (χ1v) is 7.15. The van der Waals surface area contributed by atoms with E-state index >= 15 is 0 Å². The Morgan fingerprint density at radius 1 is 1.24 bits per heavy atom. The maximum absolute atomic E-state index is 12.0. The molecule has 1 aliphatic heterocycles. The molecular weight excluding hydrogens is 269 g/mol. The zero-order valence-corrected chi connectivity index (χ0v) is 13.5. The summed E-state index contributed by atoms with van der Waals surface area (Å²) in [7, 11) is 0.721. The standard InChI is InChI=1S/C15H22BNO4/c1-7-10-8-9-11(12(17-10)13(18)19-6)16-20-14(2,3)15(4,5)21-16/h8-9H,7H2,1-6H3. The lowest BCUT2D eigenvalue weighted by atomic mass is 9.77. The van der Waals surface area contributed by atoms with Crippen molar-refractivity contribution in [3.8, 4) is 0 Å². The molecule has 1 saturated heterocycles. The van der Waals surface area contributed by atoms with E-state index in [4.69, 9.17) is 14.0 Å². The Hall–Kier alpha value is -1.40. The molecule has 0 N–H and O–H groups in total. The Labute approximate surface area is 126 Å². The monoisotopic (exact) mass is 291 g/mol. The van der Waals surface area contributed by atoms with Gasteiger partial charge in [0.05, 0.1) is 18.3 Å². The molecule has 2 rings (SSSR count). The number of aromatic nitrogens is 1. The lowest BCUT2D eigenvalue weighted by Crippen LogP contribution is -2.41. The van der Waals surface area contributed by atoms with Crippen LogP contribution in [0.25, 0.3) is 0 Å². The molecule has 0 amide bonds. The number of ether oxygens (including phenoxy) is 1. The van der Waals surface area contributed by atoms with E-state index in [2.05, 4.69) is 4.98 Å². The number of pyridine rings is 1. The molecule has 21 heavy (non-hydrogen) atoms. The van der Waals surface area contributed by atoms with E-state index in [9.17, 15) is 4.79 Å². The van der Waals surface area contributed by atoms with E-state index in [0.717, 1.165) is 12.1 Å². The molecule has 2 heterocycles. The van der Waals surface area contributed by atoms with Crippen LogP contribution in [0.15, 0.2) is 12.1 Å². The molecule has 1 aliphatic rings. The highest BCUT2D eigenvalue weighted by atomic mass is 16.7. The van der Waals surface area contributed by atoms with Crippen molar-refractivity contribution in [3.05, 3.63) is 23.5 Å². The first-order chi connectivity index (χ1) is 9.71. The highest BCUT2D eigenvalue weighted by molar-refractivity contribution is 6.63. The number of carbonyl (C=O) groups is 1. The van der Waals surface area contributed by atoms with Gasteiger partial charge < -0.3 is 14.0 Å². The van der Waals surface area contributed by atoms with E-state index < -0.39 is 24.3 Å². The number of rotatable bonds is 3. The lowest BCUT2D eigenvalue weighted by Gasteiger charge is -2.32. The third-order valence-electron chi connectivity index (χ3n) is 4.23. The summed E-state index contributed by atoms with van der Waals surface area (Å²) >= 11 is 0. The normalized spacial score (nSPS) is 19.6. The van der Waals surface area contributed by atoms with Gasteiger partial charge in [0.2, 0.25) is 0 Å².